The largest absolute Gasteiger partial charge is 0.389 e. The lowest BCUT2D eigenvalue weighted by Crippen LogP contribution is -2.41. The van der Waals surface area contributed by atoms with Gasteiger partial charge in [0.15, 0.2) is 0 Å². The van der Waals surface area contributed by atoms with Crippen molar-refractivity contribution < 1.29 is 5.11 Å². The summed E-state index contributed by atoms with van der Waals surface area (Å²) in [6.45, 7) is 10.2. The Morgan fingerprint density at radius 3 is 2.67 bits per heavy atom. The number of aliphatic hydroxyl groups is 1. The minimum absolute atomic E-state index is 0.587. The van der Waals surface area contributed by atoms with Crippen molar-refractivity contribution in [1.29, 1.82) is 0 Å². The molecule has 0 saturated carbocycles. The van der Waals surface area contributed by atoms with E-state index in [0.29, 0.717) is 12.6 Å². The average Bonchev–Trinajstić information content (AvgIpc) is 2.38. The molecule has 0 aromatic heterocycles. The van der Waals surface area contributed by atoms with Gasteiger partial charge >= 0.3 is 0 Å². The van der Waals surface area contributed by atoms with Gasteiger partial charge in [-0.25, -0.2) is 0 Å². The maximum absolute atomic E-state index is 9.64. The maximum atomic E-state index is 9.64. The quantitative estimate of drug-likeness (QED) is 0.738. The summed E-state index contributed by atoms with van der Waals surface area (Å²) >= 11 is 0. The van der Waals surface area contributed by atoms with Crippen molar-refractivity contribution in [2.75, 3.05) is 26.2 Å². The first-order chi connectivity index (χ1) is 7.01. The van der Waals surface area contributed by atoms with Crippen LogP contribution < -0.4 is 5.32 Å². The van der Waals surface area contributed by atoms with Crippen molar-refractivity contribution in [2.45, 2.75) is 51.7 Å². The van der Waals surface area contributed by atoms with Crippen LogP contribution in [-0.2, 0) is 0 Å². The first kappa shape index (κ1) is 12.9. The van der Waals surface area contributed by atoms with E-state index in [1.54, 1.807) is 0 Å². The van der Waals surface area contributed by atoms with Crippen LogP contribution in [0.4, 0.5) is 0 Å². The van der Waals surface area contributed by atoms with Crippen molar-refractivity contribution in [2.24, 2.45) is 0 Å². The zero-order valence-corrected chi connectivity index (χ0v) is 10.4. The Labute approximate surface area is 93.9 Å². The minimum Gasteiger partial charge on any atom is -0.389 e. The van der Waals surface area contributed by atoms with E-state index in [2.05, 4.69) is 17.1 Å². The molecule has 0 aliphatic carbocycles. The Morgan fingerprint density at radius 1 is 1.33 bits per heavy atom. The van der Waals surface area contributed by atoms with E-state index in [0.717, 1.165) is 6.54 Å². The van der Waals surface area contributed by atoms with Crippen LogP contribution >= 0.6 is 0 Å². The number of hydrogen-bond acceptors (Lipinski definition) is 3. The molecule has 0 bridgehead atoms. The van der Waals surface area contributed by atoms with Crippen LogP contribution in [0.1, 0.15) is 40.0 Å². The summed E-state index contributed by atoms with van der Waals surface area (Å²) in [5.74, 6) is 0. The maximum Gasteiger partial charge on any atom is 0.0715 e. The van der Waals surface area contributed by atoms with E-state index >= 15 is 0 Å². The molecule has 1 rings (SSSR count). The highest BCUT2D eigenvalue weighted by atomic mass is 16.3. The number of likely N-dealkylation sites (tertiary alicyclic amines) is 1. The van der Waals surface area contributed by atoms with E-state index in [1.807, 2.05) is 13.8 Å². The molecule has 3 heteroatoms. The summed E-state index contributed by atoms with van der Waals surface area (Å²) in [5, 5.41) is 13.1. The van der Waals surface area contributed by atoms with Gasteiger partial charge in [0.2, 0.25) is 0 Å². The molecule has 2 N–H and O–H groups in total. The Hall–Kier alpha value is -0.120. The van der Waals surface area contributed by atoms with Crippen LogP contribution in [0.5, 0.6) is 0 Å². The van der Waals surface area contributed by atoms with Gasteiger partial charge in [0.05, 0.1) is 5.60 Å². The second kappa shape index (κ2) is 5.83. The van der Waals surface area contributed by atoms with Gasteiger partial charge in [-0.15, -0.1) is 0 Å². The molecular formula is C12H26N2O. The minimum atomic E-state index is -0.587. The van der Waals surface area contributed by atoms with Crippen LogP contribution in [0.15, 0.2) is 0 Å². The van der Waals surface area contributed by atoms with E-state index in [-0.39, 0.29) is 0 Å². The third kappa shape index (κ3) is 5.50. The highest BCUT2D eigenvalue weighted by Crippen LogP contribution is 2.11. The second-order valence-corrected chi connectivity index (χ2v) is 5.26. The van der Waals surface area contributed by atoms with E-state index in [9.17, 15) is 5.11 Å². The molecule has 1 saturated heterocycles. The van der Waals surface area contributed by atoms with Gasteiger partial charge in [0, 0.05) is 12.6 Å². The van der Waals surface area contributed by atoms with Crippen LogP contribution in [0.2, 0.25) is 0 Å². The first-order valence-corrected chi connectivity index (χ1v) is 6.19. The molecule has 0 radical (unpaired) electrons. The molecule has 90 valence electrons. The highest BCUT2D eigenvalue weighted by Gasteiger charge is 2.18. The topological polar surface area (TPSA) is 35.5 Å². The molecule has 1 atom stereocenters. The fourth-order valence-electron chi connectivity index (χ4n) is 2.07. The predicted molar refractivity (Wildman–Crippen MR) is 64.1 cm³/mol. The van der Waals surface area contributed by atoms with Gasteiger partial charge in [-0.2, -0.15) is 0 Å². The fraction of sp³-hybridized carbons (Fsp3) is 1.00. The second-order valence-electron chi connectivity index (χ2n) is 5.26. The van der Waals surface area contributed by atoms with Gasteiger partial charge in [0.1, 0.15) is 0 Å². The lowest BCUT2D eigenvalue weighted by atomic mass is 10.1. The summed E-state index contributed by atoms with van der Waals surface area (Å²) in [6.07, 6.45) is 3.73. The zero-order chi connectivity index (χ0) is 11.3. The number of hydrogen-bond donors (Lipinski definition) is 2. The number of rotatable bonds is 4. The fourth-order valence-corrected chi connectivity index (χ4v) is 2.07. The summed E-state index contributed by atoms with van der Waals surface area (Å²) in [6, 6.07) is 0.591. The van der Waals surface area contributed by atoms with Gasteiger partial charge in [-0.3, -0.25) is 0 Å². The molecule has 0 amide bonds. The number of nitrogens with one attached hydrogen (secondary N) is 1. The first-order valence-electron chi connectivity index (χ1n) is 6.19. The Balaban J connectivity index is 2.25. The Bertz CT molecular complexity index is 177. The van der Waals surface area contributed by atoms with Crippen molar-refractivity contribution >= 4 is 0 Å². The Kier molecular flexibility index (Phi) is 5.03. The lowest BCUT2D eigenvalue weighted by Gasteiger charge is -2.23. The van der Waals surface area contributed by atoms with Crippen molar-refractivity contribution in [3.05, 3.63) is 0 Å². The van der Waals surface area contributed by atoms with Crippen LogP contribution in [0.3, 0.4) is 0 Å². The highest BCUT2D eigenvalue weighted by molar-refractivity contribution is 4.78. The monoisotopic (exact) mass is 214 g/mol. The van der Waals surface area contributed by atoms with Gasteiger partial charge in [0.25, 0.3) is 0 Å². The smallest absolute Gasteiger partial charge is 0.0715 e. The molecule has 1 aliphatic rings. The predicted octanol–water partition coefficient (Wildman–Crippen LogP) is 1.22. The van der Waals surface area contributed by atoms with Crippen LogP contribution in [0.25, 0.3) is 0 Å². The molecule has 1 aliphatic heterocycles. The van der Waals surface area contributed by atoms with E-state index in [1.165, 1.54) is 32.4 Å². The SMILES string of the molecule is CCN1CCCC(NCC(C)(C)O)CC1. The average molecular weight is 214 g/mol. The molecule has 0 aromatic rings. The molecule has 15 heavy (non-hydrogen) atoms. The van der Waals surface area contributed by atoms with Crippen LogP contribution in [-0.4, -0.2) is 47.8 Å². The normalized spacial score (nSPS) is 25.2. The van der Waals surface area contributed by atoms with Crippen molar-refractivity contribution in [1.82, 2.24) is 10.2 Å². The lowest BCUT2D eigenvalue weighted by molar-refractivity contribution is 0.0757. The molecule has 1 unspecified atom stereocenters. The van der Waals surface area contributed by atoms with E-state index < -0.39 is 5.60 Å². The Morgan fingerprint density at radius 2 is 2.07 bits per heavy atom. The number of nitrogens with zero attached hydrogens (tertiary/aromatic N) is 1. The van der Waals surface area contributed by atoms with E-state index in [4.69, 9.17) is 0 Å². The van der Waals surface area contributed by atoms with Crippen LogP contribution in [0, 0.1) is 0 Å². The summed E-state index contributed by atoms with van der Waals surface area (Å²) in [5.41, 5.74) is -0.587. The molecule has 3 nitrogen and oxygen atoms in total. The molecule has 0 aromatic carbocycles. The summed E-state index contributed by atoms with van der Waals surface area (Å²) in [4.78, 5) is 2.51. The van der Waals surface area contributed by atoms with Gasteiger partial charge in [-0.1, -0.05) is 6.92 Å². The van der Waals surface area contributed by atoms with Crippen molar-refractivity contribution in [3.8, 4) is 0 Å². The molecule has 1 heterocycles. The standard InChI is InChI=1S/C12H26N2O/c1-4-14-8-5-6-11(7-9-14)13-10-12(2,3)15/h11,13,15H,4-10H2,1-3H3. The van der Waals surface area contributed by atoms with Gasteiger partial charge < -0.3 is 15.3 Å². The third-order valence-electron chi connectivity index (χ3n) is 3.09. The van der Waals surface area contributed by atoms with Gasteiger partial charge in [-0.05, 0) is 52.7 Å². The molecular weight excluding hydrogens is 188 g/mol. The van der Waals surface area contributed by atoms with Crippen molar-refractivity contribution in [3.63, 3.8) is 0 Å². The summed E-state index contributed by atoms with van der Waals surface area (Å²) in [7, 11) is 0. The zero-order valence-electron chi connectivity index (χ0n) is 10.4. The molecule has 0 spiro atoms. The molecule has 1 fully saturated rings. The third-order valence-corrected chi connectivity index (χ3v) is 3.09. The summed E-state index contributed by atoms with van der Waals surface area (Å²) < 4.78 is 0.